The van der Waals surface area contributed by atoms with Crippen molar-refractivity contribution in [3.8, 4) is 0 Å². The predicted octanol–water partition coefficient (Wildman–Crippen LogP) is 3.94. The van der Waals surface area contributed by atoms with Gasteiger partial charge in [-0.15, -0.1) is 0 Å². The topological polar surface area (TPSA) is 37.4 Å². The van der Waals surface area contributed by atoms with Crippen molar-refractivity contribution in [1.82, 2.24) is 4.31 Å². The molecule has 1 fully saturated rings. The number of benzene rings is 1. The van der Waals surface area contributed by atoms with Crippen LogP contribution < -0.4 is 0 Å². The molecule has 118 valence electrons. The summed E-state index contributed by atoms with van der Waals surface area (Å²) in [5, 5.41) is 0. The molecule has 0 amide bonds. The van der Waals surface area contributed by atoms with Gasteiger partial charge < -0.3 is 0 Å². The zero-order chi connectivity index (χ0) is 15.7. The molecule has 0 saturated carbocycles. The Morgan fingerprint density at radius 1 is 1.19 bits per heavy atom. The van der Waals surface area contributed by atoms with E-state index < -0.39 is 10.0 Å². The van der Waals surface area contributed by atoms with Gasteiger partial charge in [-0.3, -0.25) is 0 Å². The first-order valence-corrected chi connectivity index (χ1v) is 9.33. The summed E-state index contributed by atoms with van der Waals surface area (Å²) in [5.74, 6) is 0. The molecule has 1 aliphatic rings. The van der Waals surface area contributed by atoms with Gasteiger partial charge in [-0.05, 0) is 42.4 Å². The molecule has 0 unspecified atom stereocenters. The Bertz CT molecular complexity index is 570. The molecular weight excluding hydrogens is 282 g/mol. The molecule has 1 aliphatic heterocycles. The third-order valence-corrected chi connectivity index (χ3v) is 6.24. The highest BCUT2D eigenvalue weighted by Gasteiger charge is 2.34. The summed E-state index contributed by atoms with van der Waals surface area (Å²) >= 11 is 0. The zero-order valence-corrected chi connectivity index (χ0v) is 14.4. The lowest BCUT2D eigenvalue weighted by atomic mass is 9.87. The molecule has 1 saturated heterocycles. The van der Waals surface area contributed by atoms with Gasteiger partial charge in [0.15, 0.2) is 0 Å². The fraction of sp³-hybridized carbons (Fsp3) is 0.647. The van der Waals surface area contributed by atoms with E-state index in [1.165, 1.54) is 0 Å². The molecule has 0 aromatic heterocycles. The fourth-order valence-electron chi connectivity index (χ4n) is 3.01. The predicted molar refractivity (Wildman–Crippen MR) is 87.0 cm³/mol. The largest absolute Gasteiger partial charge is 0.243 e. The number of sulfonamides is 1. The Morgan fingerprint density at radius 3 is 2.33 bits per heavy atom. The lowest BCUT2D eigenvalue weighted by Gasteiger charge is -2.24. The second-order valence-electron chi connectivity index (χ2n) is 6.97. The van der Waals surface area contributed by atoms with Gasteiger partial charge in [-0.2, -0.15) is 4.31 Å². The summed E-state index contributed by atoms with van der Waals surface area (Å²) in [6, 6.07) is 7.59. The van der Waals surface area contributed by atoms with Crippen LogP contribution in [0.2, 0.25) is 0 Å². The first-order chi connectivity index (χ1) is 9.76. The quantitative estimate of drug-likeness (QED) is 0.845. The Hall–Kier alpha value is -0.870. The van der Waals surface area contributed by atoms with Crippen LogP contribution in [0.3, 0.4) is 0 Å². The van der Waals surface area contributed by atoms with Crippen molar-refractivity contribution in [2.75, 3.05) is 6.54 Å². The second kappa shape index (κ2) is 6.09. The molecule has 1 heterocycles. The second-order valence-corrected chi connectivity index (χ2v) is 8.87. The summed E-state index contributed by atoms with van der Waals surface area (Å²) in [6.07, 6.45) is 3.95. The summed E-state index contributed by atoms with van der Waals surface area (Å²) in [4.78, 5) is 0.429. The molecule has 1 aromatic carbocycles. The summed E-state index contributed by atoms with van der Waals surface area (Å²) in [6.45, 7) is 9.17. The monoisotopic (exact) mass is 309 g/mol. The van der Waals surface area contributed by atoms with Crippen molar-refractivity contribution in [2.45, 2.75) is 69.7 Å². The molecule has 0 radical (unpaired) electrons. The highest BCUT2D eigenvalue weighted by molar-refractivity contribution is 7.89. The van der Waals surface area contributed by atoms with Crippen LogP contribution in [0.25, 0.3) is 0 Å². The van der Waals surface area contributed by atoms with E-state index >= 15 is 0 Å². The van der Waals surface area contributed by atoms with Gasteiger partial charge >= 0.3 is 0 Å². The van der Waals surface area contributed by atoms with Crippen molar-refractivity contribution in [3.63, 3.8) is 0 Å². The molecule has 0 N–H and O–H groups in total. The van der Waals surface area contributed by atoms with Crippen LogP contribution >= 0.6 is 0 Å². The number of hydrogen-bond donors (Lipinski definition) is 0. The average molecular weight is 309 g/mol. The van der Waals surface area contributed by atoms with E-state index in [2.05, 4.69) is 27.7 Å². The van der Waals surface area contributed by atoms with Gasteiger partial charge in [0.2, 0.25) is 10.0 Å². The first-order valence-electron chi connectivity index (χ1n) is 7.89. The minimum absolute atomic E-state index is 0.0423. The minimum atomic E-state index is -3.34. The summed E-state index contributed by atoms with van der Waals surface area (Å²) in [7, 11) is -3.34. The molecule has 2 rings (SSSR count). The number of nitrogens with zero attached hydrogens (tertiary/aromatic N) is 1. The van der Waals surface area contributed by atoms with Gasteiger partial charge in [0, 0.05) is 12.6 Å². The van der Waals surface area contributed by atoms with Crippen molar-refractivity contribution >= 4 is 10.0 Å². The number of hydrogen-bond acceptors (Lipinski definition) is 2. The minimum Gasteiger partial charge on any atom is -0.207 e. The van der Waals surface area contributed by atoms with E-state index in [9.17, 15) is 8.42 Å². The smallest absolute Gasteiger partial charge is 0.207 e. The van der Waals surface area contributed by atoms with Gasteiger partial charge in [-0.25, -0.2) is 8.42 Å². The maximum absolute atomic E-state index is 12.8. The van der Waals surface area contributed by atoms with Crippen LogP contribution in [-0.2, 0) is 15.4 Å². The van der Waals surface area contributed by atoms with Gasteiger partial charge in [0.05, 0.1) is 4.90 Å². The van der Waals surface area contributed by atoms with Crippen molar-refractivity contribution < 1.29 is 8.42 Å². The van der Waals surface area contributed by atoms with Gasteiger partial charge in [0.25, 0.3) is 0 Å². The van der Waals surface area contributed by atoms with Crippen molar-refractivity contribution in [1.29, 1.82) is 0 Å². The third kappa shape index (κ3) is 3.49. The molecule has 0 aliphatic carbocycles. The Kier molecular flexibility index (Phi) is 4.79. The van der Waals surface area contributed by atoms with E-state index in [0.29, 0.717) is 11.4 Å². The van der Waals surface area contributed by atoms with E-state index in [0.717, 1.165) is 31.2 Å². The molecule has 0 bridgehead atoms. The highest BCUT2D eigenvalue weighted by Crippen LogP contribution is 2.30. The Balaban J connectivity index is 2.27. The molecule has 1 aromatic rings. The molecule has 3 nitrogen and oxygen atoms in total. The van der Waals surface area contributed by atoms with Crippen LogP contribution in [0.15, 0.2) is 29.2 Å². The SMILES string of the molecule is CCC[C@H]1CCCN1S(=O)(=O)c1ccc(C(C)(C)C)cc1. The normalized spacial score (nSPS) is 20.9. The fourth-order valence-corrected chi connectivity index (χ4v) is 4.73. The van der Waals surface area contributed by atoms with Crippen LogP contribution in [0, 0.1) is 0 Å². The maximum atomic E-state index is 12.8. The van der Waals surface area contributed by atoms with Crippen LogP contribution in [0.4, 0.5) is 0 Å². The van der Waals surface area contributed by atoms with E-state index in [4.69, 9.17) is 0 Å². The third-order valence-electron chi connectivity index (χ3n) is 4.27. The van der Waals surface area contributed by atoms with E-state index in [-0.39, 0.29) is 11.5 Å². The molecule has 1 atom stereocenters. The maximum Gasteiger partial charge on any atom is 0.243 e. The zero-order valence-electron chi connectivity index (χ0n) is 13.6. The molecule has 0 spiro atoms. The standard InChI is InChI=1S/C17H27NO2S/c1-5-7-15-8-6-13-18(15)21(19,20)16-11-9-14(10-12-16)17(2,3)4/h9-12,15H,5-8,13H2,1-4H3/t15-/m0/s1. The lowest BCUT2D eigenvalue weighted by molar-refractivity contribution is 0.368. The highest BCUT2D eigenvalue weighted by atomic mass is 32.2. The Morgan fingerprint density at radius 2 is 1.81 bits per heavy atom. The first kappa shape index (κ1) is 16.5. The average Bonchev–Trinajstić information content (AvgIpc) is 2.87. The van der Waals surface area contributed by atoms with E-state index in [1.54, 1.807) is 16.4 Å². The van der Waals surface area contributed by atoms with E-state index in [1.807, 2.05) is 12.1 Å². The van der Waals surface area contributed by atoms with Crippen molar-refractivity contribution in [2.24, 2.45) is 0 Å². The summed E-state index contributed by atoms with van der Waals surface area (Å²) in [5.41, 5.74) is 1.20. The lowest BCUT2D eigenvalue weighted by Crippen LogP contribution is -2.35. The summed E-state index contributed by atoms with van der Waals surface area (Å²) < 4.78 is 27.3. The molecular formula is C17H27NO2S. The van der Waals surface area contributed by atoms with Crippen LogP contribution in [-0.4, -0.2) is 25.3 Å². The van der Waals surface area contributed by atoms with Gasteiger partial charge in [-0.1, -0.05) is 46.2 Å². The molecule has 4 heteroatoms. The molecule has 21 heavy (non-hydrogen) atoms. The van der Waals surface area contributed by atoms with Crippen molar-refractivity contribution in [3.05, 3.63) is 29.8 Å². The van der Waals surface area contributed by atoms with Crippen LogP contribution in [0.1, 0.15) is 58.9 Å². The van der Waals surface area contributed by atoms with Gasteiger partial charge in [0.1, 0.15) is 0 Å². The number of rotatable bonds is 4. The van der Waals surface area contributed by atoms with Crippen LogP contribution in [0.5, 0.6) is 0 Å². The Labute approximate surface area is 129 Å².